The average Bonchev–Trinajstić information content (AvgIpc) is 3.15. The topological polar surface area (TPSA) is 92.8 Å². The lowest BCUT2D eigenvalue weighted by molar-refractivity contribution is -0.129. The van der Waals surface area contributed by atoms with Gasteiger partial charge in [0.1, 0.15) is 0 Å². The first kappa shape index (κ1) is 21.8. The first-order valence-corrected chi connectivity index (χ1v) is 11.9. The quantitative estimate of drug-likeness (QED) is 0.562. The number of nitrogens with one attached hydrogen (secondary N) is 1. The Bertz CT molecular complexity index is 825. The summed E-state index contributed by atoms with van der Waals surface area (Å²) in [4.78, 5) is 25.0. The predicted molar refractivity (Wildman–Crippen MR) is 109 cm³/mol. The van der Waals surface area contributed by atoms with Crippen LogP contribution in [0.4, 0.5) is 0 Å². The van der Waals surface area contributed by atoms with E-state index in [2.05, 4.69) is 5.32 Å². The lowest BCUT2D eigenvalue weighted by atomic mass is 10.1. The molecule has 29 heavy (non-hydrogen) atoms. The van der Waals surface area contributed by atoms with Gasteiger partial charge in [-0.05, 0) is 50.8 Å². The van der Waals surface area contributed by atoms with Gasteiger partial charge in [0, 0.05) is 19.1 Å². The van der Waals surface area contributed by atoms with Crippen molar-refractivity contribution in [1.29, 1.82) is 0 Å². The Balaban J connectivity index is 1.62. The van der Waals surface area contributed by atoms with E-state index in [1.54, 1.807) is 0 Å². The Kier molecular flexibility index (Phi) is 7.29. The van der Waals surface area contributed by atoms with Crippen molar-refractivity contribution in [2.45, 2.75) is 75.3 Å². The van der Waals surface area contributed by atoms with Gasteiger partial charge in [0.05, 0.1) is 10.5 Å². The highest BCUT2D eigenvalue weighted by Gasteiger charge is 2.28. The molecule has 0 aromatic heterocycles. The van der Waals surface area contributed by atoms with Crippen LogP contribution in [0.5, 0.6) is 0 Å². The highest BCUT2D eigenvalue weighted by Crippen LogP contribution is 2.22. The molecular formula is C21H30N2O5S. The van der Waals surface area contributed by atoms with Gasteiger partial charge in [-0.3, -0.25) is 4.79 Å². The minimum Gasteiger partial charge on any atom is -0.449 e. The Hall–Kier alpha value is -1.93. The SMILES string of the molecule is C[C@@H](OC(=O)c1cccc(S(=O)(=O)N2CCCC2)c1)C(=O)NC1CCCCCC1. The fourth-order valence-electron chi connectivity index (χ4n) is 3.89. The Morgan fingerprint density at radius 1 is 1.07 bits per heavy atom. The van der Waals surface area contributed by atoms with Crippen LogP contribution in [0.1, 0.15) is 68.6 Å². The van der Waals surface area contributed by atoms with Crippen LogP contribution in [-0.2, 0) is 19.6 Å². The number of sulfonamides is 1. The fraction of sp³-hybridized carbons (Fsp3) is 0.619. The maximum absolute atomic E-state index is 12.7. The summed E-state index contributed by atoms with van der Waals surface area (Å²) in [7, 11) is -3.62. The molecule has 0 spiro atoms. The van der Waals surface area contributed by atoms with E-state index in [9.17, 15) is 18.0 Å². The smallest absolute Gasteiger partial charge is 0.338 e. The highest BCUT2D eigenvalue weighted by atomic mass is 32.2. The van der Waals surface area contributed by atoms with Crippen LogP contribution in [0.15, 0.2) is 29.2 Å². The maximum atomic E-state index is 12.7. The molecule has 7 nitrogen and oxygen atoms in total. The van der Waals surface area contributed by atoms with Crippen molar-refractivity contribution < 1.29 is 22.7 Å². The van der Waals surface area contributed by atoms with Crippen LogP contribution in [-0.4, -0.2) is 49.8 Å². The summed E-state index contributed by atoms with van der Waals surface area (Å²) in [6.07, 6.45) is 7.20. The monoisotopic (exact) mass is 422 g/mol. The van der Waals surface area contributed by atoms with Crippen molar-refractivity contribution in [1.82, 2.24) is 9.62 Å². The number of benzene rings is 1. The average molecular weight is 423 g/mol. The number of esters is 1. The Morgan fingerprint density at radius 2 is 1.72 bits per heavy atom. The van der Waals surface area contributed by atoms with Gasteiger partial charge in [-0.25, -0.2) is 13.2 Å². The third-order valence-corrected chi connectivity index (χ3v) is 7.52. The molecule has 1 amide bonds. The van der Waals surface area contributed by atoms with Gasteiger partial charge in [0.2, 0.25) is 10.0 Å². The van der Waals surface area contributed by atoms with Crippen LogP contribution in [0, 0.1) is 0 Å². The first-order chi connectivity index (χ1) is 13.9. The second-order valence-corrected chi connectivity index (χ2v) is 9.82. The number of amides is 1. The van der Waals surface area contributed by atoms with Gasteiger partial charge in [-0.1, -0.05) is 31.7 Å². The summed E-state index contributed by atoms with van der Waals surface area (Å²) < 4.78 is 32.1. The van der Waals surface area contributed by atoms with Crippen molar-refractivity contribution in [2.24, 2.45) is 0 Å². The standard InChI is InChI=1S/C21H30N2O5S/c1-16(20(24)22-18-10-4-2-3-5-11-18)28-21(25)17-9-8-12-19(15-17)29(26,27)23-13-6-7-14-23/h8-9,12,15-16,18H,2-7,10-11,13-14H2,1H3,(H,22,24)/t16-/m1/s1. The van der Waals surface area contributed by atoms with Crippen LogP contribution >= 0.6 is 0 Å². The van der Waals surface area contributed by atoms with E-state index in [0.29, 0.717) is 13.1 Å². The Labute approximate surface area is 172 Å². The van der Waals surface area contributed by atoms with Crippen molar-refractivity contribution in [2.75, 3.05) is 13.1 Å². The van der Waals surface area contributed by atoms with Crippen molar-refractivity contribution >= 4 is 21.9 Å². The van der Waals surface area contributed by atoms with Gasteiger partial charge in [-0.15, -0.1) is 0 Å². The number of hydrogen-bond acceptors (Lipinski definition) is 5. The van der Waals surface area contributed by atoms with Crippen molar-refractivity contribution in [3.8, 4) is 0 Å². The molecular weight excluding hydrogens is 392 g/mol. The van der Waals surface area contributed by atoms with Gasteiger partial charge in [0.25, 0.3) is 5.91 Å². The molecule has 2 aliphatic rings. The third kappa shape index (κ3) is 5.57. The summed E-state index contributed by atoms with van der Waals surface area (Å²) in [5.41, 5.74) is 0.124. The summed E-state index contributed by atoms with van der Waals surface area (Å²) >= 11 is 0. The van der Waals surface area contributed by atoms with Crippen LogP contribution in [0.2, 0.25) is 0 Å². The van der Waals surface area contributed by atoms with Crippen LogP contribution < -0.4 is 5.32 Å². The summed E-state index contributed by atoms with van der Waals surface area (Å²) in [6, 6.07) is 5.95. The second kappa shape index (κ2) is 9.71. The number of hydrogen-bond donors (Lipinski definition) is 1. The van der Waals surface area contributed by atoms with E-state index in [-0.39, 0.29) is 22.4 Å². The number of nitrogens with zero attached hydrogens (tertiary/aromatic N) is 1. The van der Waals surface area contributed by atoms with Crippen molar-refractivity contribution in [3.05, 3.63) is 29.8 Å². The van der Waals surface area contributed by atoms with Crippen LogP contribution in [0.25, 0.3) is 0 Å². The zero-order valence-corrected chi connectivity index (χ0v) is 17.7. The minimum absolute atomic E-state index is 0.0735. The second-order valence-electron chi connectivity index (χ2n) is 7.88. The molecule has 8 heteroatoms. The molecule has 2 fully saturated rings. The van der Waals surface area contributed by atoms with Gasteiger partial charge in [-0.2, -0.15) is 4.31 Å². The molecule has 0 unspecified atom stereocenters. The Morgan fingerprint density at radius 3 is 2.38 bits per heavy atom. The van der Waals surface area contributed by atoms with E-state index >= 15 is 0 Å². The molecule has 1 atom stereocenters. The molecule has 1 aromatic rings. The van der Waals surface area contributed by atoms with Gasteiger partial charge < -0.3 is 10.1 Å². The zero-order chi connectivity index (χ0) is 20.9. The summed E-state index contributed by atoms with van der Waals surface area (Å²) in [6.45, 7) is 2.53. The molecule has 0 bridgehead atoms. The third-order valence-electron chi connectivity index (χ3n) is 5.63. The molecule has 160 valence electrons. The van der Waals surface area contributed by atoms with E-state index in [0.717, 1.165) is 38.5 Å². The van der Waals surface area contributed by atoms with E-state index in [4.69, 9.17) is 4.74 Å². The molecule has 1 aromatic carbocycles. The highest BCUT2D eigenvalue weighted by molar-refractivity contribution is 7.89. The minimum atomic E-state index is -3.62. The molecule has 1 N–H and O–H groups in total. The molecule has 1 saturated carbocycles. The molecule has 3 rings (SSSR count). The zero-order valence-electron chi connectivity index (χ0n) is 16.9. The van der Waals surface area contributed by atoms with E-state index in [1.165, 1.54) is 48.3 Å². The molecule has 1 saturated heterocycles. The maximum Gasteiger partial charge on any atom is 0.338 e. The van der Waals surface area contributed by atoms with Gasteiger partial charge >= 0.3 is 5.97 Å². The summed E-state index contributed by atoms with van der Waals surface area (Å²) in [5, 5.41) is 2.97. The number of carbonyl (C=O) groups is 2. The number of ether oxygens (including phenoxy) is 1. The van der Waals surface area contributed by atoms with E-state index < -0.39 is 22.1 Å². The lowest BCUT2D eigenvalue weighted by Crippen LogP contribution is -2.41. The first-order valence-electron chi connectivity index (χ1n) is 10.5. The fourth-order valence-corrected chi connectivity index (χ4v) is 5.45. The number of carbonyl (C=O) groups excluding carboxylic acids is 2. The molecule has 1 heterocycles. The molecule has 1 aliphatic heterocycles. The van der Waals surface area contributed by atoms with Crippen molar-refractivity contribution in [3.63, 3.8) is 0 Å². The molecule has 1 aliphatic carbocycles. The molecule has 0 radical (unpaired) electrons. The van der Waals surface area contributed by atoms with E-state index in [1.807, 2.05) is 0 Å². The van der Waals surface area contributed by atoms with Crippen LogP contribution in [0.3, 0.4) is 0 Å². The lowest BCUT2D eigenvalue weighted by Gasteiger charge is -2.20. The normalized spacial score (nSPS) is 20.0. The van der Waals surface area contributed by atoms with Gasteiger partial charge in [0.15, 0.2) is 6.10 Å². The number of rotatable bonds is 6. The predicted octanol–water partition coefficient (Wildman–Crippen LogP) is 2.86. The largest absolute Gasteiger partial charge is 0.449 e. The summed E-state index contributed by atoms with van der Waals surface area (Å²) in [5.74, 6) is -1.02.